The van der Waals surface area contributed by atoms with E-state index in [0.717, 1.165) is 5.56 Å². The van der Waals surface area contributed by atoms with Gasteiger partial charge in [0.2, 0.25) is 16.0 Å². The first-order valence-corrected chi connectivity index (χ1v) is 16.2. The van der Waals surface area contributed by atoms with E-state index in [-0.39, 0.29) is 29.5 Å². The molecule has 218 valence electrons. The lowest BCUT2D eigenvalue weighted by molar-refractivity contribution is -0.137. The summed E-state index contributed by atoms with van der Waals surface area (Å²) in [6.45, 7) is 8.92. The van der Waals surface area contributed by atoms with Gasteiger partial charge in [0.25, 0.3) is 0 Å². The Kier molecular flexibility index (Phi) is 9.64. The van der Waals surface area contributed by atoms with E-state index in [9.17, 15) is 26.2 Å². The molecule has 0 aliphatic carbocycles. The Bertz CT molecular complexity index is 1490. The van der Waals surface area contributed by atoms with Crippen molar-refractivity contribution in [1.82, 2.24) is 15.0 Å². The number of halogens is 3. The minimum atomic E-state index is -4.75. The number of anilines is 3. The highest BCUT2D eigenvalue weighted by Crippen LogP contribution is 2.57. The third-order valence-electron chi connectivity index (χ3n) is 6.71. The second-order valence-electron chi connectivity index (χ2n) is 10.1. The second-order valence-corrected chi connectivity index (χ2v) is 16.1. The van der Waals surface area contributed by atoms with Gasteiger partial charge in [-0.15, -0.1) is 0 Å². The van der Waals surface area contributed by atoms with Crippen LogP contribution in [0.5, 0.6) is 0 Å². The number of aromatic nitrogens is 3. The van der Waals surface area contributed by atoms with Crippen LogP contribution >= 0.6 is 7.14 Å². The van der Waals surface area contributed by atoms with Crippen LogP contribution in [0.1, 0.15) is 62.3 Å². The number of alkyl halides is 3. The van der Waals surface area contributed by atoms with Crippen LogP contribution in [0, 0.1) is 0 Å². The molecule has 3 rings (SSSR count). The largest absolute Gasteiger partial charge is 0.421 e. The first-order valence-electron chi connectivity index (χ1n) is 12.6. The van der Waals surface area contributed by atoms with Crippen LogP contribution < -0.4 is 15.8 Å². The maximum atomic E-state index is 13.8. The van der Waals surface area contributed by atoms with Gasteiger partial charge in [0.05, 0.1) is 12.8 Å². The fraction of sp³-hybridized carbons (Fsp3) is 0.423. The molecule has 0 spiro atoms. The number of hydrogen-bond acceptors (Lipinski definition) is 8. The first kappa shape index (κ1) is 31.5. The minimum Gasteiger partial charge on any atom is -0.365 e. The van der Waals surface area contributed by atoms with Crippen LogP contribution in [0.3, 0.4) is 0 Å². The number of nitrogens with one attached hydrogen (secondary N) is 2. The van der Waals surface area contributed by atoms with Crippen molar-refractivity contribution in [2.45, 2.75) is 70.1 Å². The monoisotopic (exact) mass is 598 g/mol. The van der Waals surface area contributed by atoms with Gasteiger partial charge >= 0.3 is 6.18 Å². The van der Waals surface area contributed by atoms with E-state index in [2.05, 4.69) is 25.6 Å². The summed E-state index contributed by atoms with van der Waals surface area (Å²) in [7, 11) is -6.51. The Morgan fingerprint density at radius 1 is 1.02 bits per heavy atom. The maximum Gasteiger partial charge on any atom is 0.421 e. The van der Waals surface area contributed by atoms with E-state index in [0.29, 0.717) is 23.6 Å². The molecule has 0 aliphatic heterocycles. The summed E-state index contributed by atoms with van der Waals surface area (Å²) in [6.07, 6.45) is -2.31. The molecule has 1 unspecified atom stereocenters. The van der Waals surface area contributed by atoms with E-state index in [1.165, 1.54) is 13.1 Å². The number of primary sulfonamides is 1. The van der Waals surface area contributed by atoms with Crippen molar-refractivity contribution in [2.24, 2.45) is 5.14 Å². The summed E-state index contributed by atoms with van der Waals surface area (Å²) in [6, 6.07) is 10.2. The molecular weight excluding hydrogens is 564 g/mol. The number of benzene rings is 1. The predicted molar refractivity (Wildman–Crippen MR) is 151 cm³/mol. The van der Waals surface area contributed by atoms with E-state index in [4.69, 9.17) is 5.14 Å². The lowest BCUT2D eigenvalue weighted by atomic mass is 10.1. The topological polar surface area (TPSA) is 140 Å². The molecule has 0 saturated heterocycles. The van der Waals surface area contributed by atoms with Crippen LogP contribution in [0.25, 0.3) is 0 Å². The summed E-state index contributed by atoms with van der Waals surface area (Å²) in [5.41, 5.74) is 0.737. The highest BCUT2D eigenvalue weighted by molar-refractivity contribution is 7.89. The lowest BCUT2D eigenvalue weighted by Crippen LogP contribution is -2.22. The number of rotatable bonds is 11. The third kappa shape index (κ3) is 7.58. The molecule has 9 nitrogen and oxygen atoms in total. The molecule has 1 aromatic carbocycles. The summed E-state index contributed by atoms with van der Waals surface area (Å²) in [5, 5.41) is 9.67. The zero-order valence-corrected chi connectivity index (χ0v) is 24.6. The third-order valence-corrected chi connectivity index (χ3v) is 12.3. The summed E-state index contributed by atoms with van der Waals surface area (Å²) in [5.74, 6) is -0.587. The van der Waals surface area contributed by atoms with E-state index < -0.39 is 40.0 Å². The molecule has 0 saturated carbocycles. The quantitative estimate of drug-likeness (QED) is 0.219. The van der Waals surface area contributed by atoms with Crippen molar-refractivity contribution in [3.05, 3.63) is 71.2 Å². The van der Waals surface area contributed by atoms with Gasteiger partial charge in [-0.3, -0.25) is 4.98 Å². The van der Waals surface area contributed by atoms with E-state index in [1.807, 2.05) is 33.8 Å². The van der Waals surface area contributed by atoms with E-state index >= 15 is 0 Å². The van der Waals surface area contributed by atoms with Gasteiger partial charge in [-0.2, -0.15) is 18.2 Å². The predicted octanol–water partition coefficient (Wildman–Crippen LogP) is 6.28. The van der Waals surface area contributed by atoms with Crippen LogP contribution in [0.15, 0.2) is 48.8 Å². The zero-order valence-electron chi connectivity index (χ0n) is 22.9. The van der Waals surface area contributed by atoms with Gasteiger partial charge in [0.1, 0.15) is 16.6 Å². The number of sulfonamides is 1. The molecule has 0 amide bonds. The van der Waals surface area contributed by atoms with Gasteiger partial charge in [-0.1, -0.05) is 45.9 Å². The fourth-order valence-electron chi connectivity index (χ4n) is 4.21. The Morgan fingerprint density at radius 3 is 2.30 bits per heavy atom. The summed E-state index contributed by atoms with van der Waals surface area (Å²) in [4.78, 5) is 12.0. The summed E-state index contributed by atoms with van der Waals surface area (Å²) < 4.78 is 78.5. The molecule has 4 N–H and O–H groups in total. The highest BCUT2D eigenvalue weighted by atomic mass is 32.2. The Labute approximate surface area is 232 Å². The van der Waals surface area contributed by atoms with Crippen molar-refractivity contribution in [3.8, 4) is 0 Å². The Balaban J connectivity index is 1.90. The Morgan fingerprint density at radius 2 is 1.70 bits per heavy atom. The number of pyridine rings is 1. The van der Waals surface area contributed by atoms with Crippen molar-refractivity contribution in [3.63, 3.8) is 0 Å². The molecule has 0 radical (unpaired) electrons. The molecule has 0 fully saturated rings. The van der Waals surface area contributed by atoms with Crippen molar-refractivity contribution in [2.75, 3.05) is 10.6 Å². The zero-order chi connectivity index (χ0) is 29.9. The van der Waals surface area contributed by atoms with Gasteiger partial charge in [-0.05, 0) is 36.2 Å². The molecule has 3 aromatic rings. The highest BCUT2D eigenvalue weighted by Gasteiger charge is 2.35. The first-order chi connectivity index (χ1) is 18.5. The maximum absolute atomic E-state index is 13.8. The summed E-state index contributed by atoms with van der Waals surface area (Å²) >= 11 is 0. The van der Waals surface area contributed by atoms with Gasteiger partial charge in [0.15, 0.2) is 0 Å². The molecule has 1 atom stereocenters. The van der Waals surface area contributed by atoms with E-state index in [1.54, 1.807) is 30.3 Å². The molecular formula is C26H34F3N6O3PS. The van der Waals surface area contributed by atoms with Crippen molar-refractivity contribution in [1.29, 1.82) is 0 Å². The van der Waals surface area contributed by atoms with Crippen LogP contribution in [-0.2, 0) is 33.5 Å². The lowest BCUT2D eigenvalue weighted by Gasteiger charge is -2.26. The molecule has 0 bridgehead atoms. The second kappa shape index (κ2) is 12.2. The molecule has 2 aromatic heterocycles. The van der Waals surface area contributed by atoms with Crippen molar-refractivity contribution < 1.29 is 26.2 Å². The van der Waals surface area contributed by atoms with Crippen molar-refractivity contribution >= 4 is 34.6 Å². The smallest absolute Gasteiger partial charge is 0.365 e. The number of hydrogen-bond donors (Lipinski definition) is 3. The average molecular weight is 599 g/mol. The standard InChI is InChI=1S/C26H34F3N6O3PS/c1-16(2)39(36,17(3)4)15-19-8-6-10-21(12-19)34-25-33-14-22(26(27,28)29)24(35-25)32-13-20-9-7-11-31-23(20)18(5)40(30,37)38/h6-12,14,16-18H,13,15H2,1-5H3,(H2,30,37,38)(H2,32,33,34,35). The average Bonchev–Trinajstić information content (AvgIpc) is 2.86. The molecule has 40 heavy (non-hydrogen) atoms. The molecule has 14 heteroatoms. The van der Waals surface area contributed by atoms with Gasteiger partial charge in [-0.25, -0.2) is 18.5 Å². The fourth-order valence-corrected chi connectivity index (χ4v) is 7.42. The number of nitrogens with two attached hydrogens (primary N) is 1. The minimum absolute atomic E-state index is 0.00396. The number of nitrogens with zero attached hydrogens (tertiary/aromatic N) is 3. The van der Waals surface area contributed by atoms with Crippen LogP contribution in [-0.4, -0.2) is 34.7 Å². The normalized spacial score (nSPS) is 13.5. The molecule has 2 heterocycles. The van der Waals surface area contributed by atoms with Gasteiger partial charge < -0.3 is 15.2 Å². The van der Waals surface area contributed by atoms with Crippen LogP contribution in [0.4, 0.5) is 30.6 Å². The van der Waals surface area contributed by atoms with Crippen LogP contribution in [0.2, 0.25) is 0 Å². The molecule has 0 aliphatic rings. The SMILES string of the molecule is CC(C)P(=O)(Cc1cccc(Nc2ncc(C(F)(F)F)c(NCc3cccnc3C(C)S(N)(=O)=O)n2)c1)C(C)C. The van der Waals surface area contributed by atoms with Gasteiger partial charge in [0, 0.05) is 42.1 Å². The Hall–Kier alpha value is -3.02.